The summed E-state index contributed by atoms with van der Waals surface area (Å²) in [6.45, 7) is 2.73. The first-order valence-electron chi connectivity index (χ1n) is 6.71. The van der Waals surface area contributed by atoms with Gasteiger partial charge in [0.1, 0.15) is 6.58 Å². The summed E-state index contributed by atoms with van der Waals surface area (Å²) in [4.78, 5) is 11.7. The monoisotopic (exact) mass is 252 g/mol. The molecule has 2 N–H and O–H groups in total. The van der Waals surface area contributed by atoms with Crippen LogP contribution in [0.25, 0.3) is 0 Å². The Morgan fingerprint density at radius 3 is 2.72 bits per heavy atom. The Hall–Kier alpha value is -1.55. The average Bonchev–Trinajstić information content (AvgIpc) is 2.44. The zero-order valence-corrected chi connectivity index (χ0v) is 10.8. The molecule has 1 amide bonds. The Balaban J connectivity index is 2.51. The zero-order chi connectivity index (χ0) is 14.3. The molecular weight excluding hydrogens is 230 g/mol. The minimum atomic E-state index is -1.06. The molecule has 18 heavy (non-hydrogen) atoms. The molecule has 0 saturated heterocycles. The Bertz CT molecular complexity index is 386. The van der Waals surface area contributed by atoms with Gasteiger partial charge in [-0.3, -0.25) is 0 Å². The predicted molar refractivity (Wildman–Crippen MR) is 70.1 cm³/mol. The third-order valence-electron chi connectivity index (χ3n) is 2.93. The van der Waals surface area contributed by atoms with Crippen LogP contribution in [0.3, 0.4) is 0 Å². The highest BCUT2D eigenvalue weighted by Gasteiger charge is 2.17. The topological polar surface area (TPSA) is 58.6 Å². The fourth-order valence-corrected chi connectivity index (χ4v) is 1.49. The van der Waals surface area contributed by atoms with E-state index in [2.05, 4.69) is 5.32 Å². The molecule has 1 aromatic rings. The molecule has 1 unspecified atom stereocenters. The molecule has 0 heterocycles. The Labute approximate surface area is 109 Å². The zero-order valence-electron chi connectivity index (χ0n) is 11.8. The quantitative estimate of drug-likeness (QED) is 0.817. The first kappa shape index (κ1) is 12.9. The molecule has 0 bridgehead atoms. The van der Waals surface area contributed by atoms with E-state index < -0.39 is 12.7 Å². The molecule has 0 radical (unpaired) electrons. The van der Waals surface area contributed by atoms with Crippen LogP contribution in [0, 0.1) is 5.92 Å². The van der Waals surface area contributed by atoms with E-state index in [0.29, 0.717) is 5.56 Å². The van der Waals surface area contributed by atoms with Crippen LogP contribution < -0.4 is 5.32 Å². The molecule has 100 valence electrons. The Kier molecular flexibility index (Phi) is 5.53. The van der Waals surface area contributed by atoms with Crippen molar-refractivity contribution in [3.05, 3.63) is 35.9 Å². The second kappa shape index (κ2) is 7.71. The van der Waals surface area contributed by atoms with Gasteiger partial charge in [-0.25, -0.2) is 4.79 Å². The first-order valence-corrected chi connectivity index (χ1v) is 6.13. The minimum Gasteiger partial charge on any atom is -0.445 e. The van der Waals surface area contributed by atoms with Crippen molar-refractivity contribution in [2.45, 2.75) is 32.9 Å². The molecule has 0 aromatic heterocycles. The number of benzene rings is 1. The number of carbonyl (C=O) groups is 1. The summed E-state index contributed by atoms with van der Waals surface area (Å²) in [5.41, 5.74) is 0.613. The van der Waals surface area contributed by atoms with E-state index in [1.807, 2.05) is 19.9 Å². The Morgan fingerprint density at radius 1 is 1.50 bits per heavy atom. The largest absolute Gasteiger partial charge is 0.445 e. The van der Waals surface area contributed by atoms with Crippen molar-refractivity contribution in [2.75, 3.05) is 6.61 Å². The van der Waals surface area contributed by atoms with E-state index in [9.17, 15) is 9.90 Å². The van der Waals surface area contributed by atoms with E-state index in [1.54, 1.807) is 24.3 Å². The number of aliphatic hydroxyl groups excluding tert-OH is 1. The number of ether oxygens (including phenoxy) is 1. The summed E-state index contributed by atoms with van der Waals surface area (Å²) < 4.78 is 12.7. The van der Waals surface area contributed by atoms with Crippen LogP contribution in [0.15, 0.2) is 30.3 Å². The summed E-state index contributed by atoms with van der Waals surface area (Å²) >= 11 is 0. The molecule has 0 fully saturated rings. The number of nitrogens with one attached hydrogen (secondary N) is 1. The van der Waals surface area contributed by atoms with Crippen molar-refractivity contribution in [3.63, 3.8) is 0 Å². The van der Waals surface area contributed by atoms with Gasteiger partial charge in [0.2, 0.25) is 0 Å². The van der Waals surface area contributed by atoms with Gasteiger partial charge in [0, 0.05) is 0 Å². The van der Waals surface area contributed by atoms with Crippen LogP contribution in [0.5, 0.6) is 0 Å². The summed E-state index contributed by atoms with van der Waals surface area (Å²) in [5.74, 6) is 0.151. The van der Waals surface area contributed by atoms with Gasteiger partial charge in [0.05, 0.1) is 14.0 Å². The molecule has 0 aliphatic rings. The maximum atomic E-state index is 11.7. The summed E-state index contributed by atoms with van der Waals surface area (Å²) in [5, 5.41) is 11.8. The molecule has 1 rings (SSSR count). The number of alkyl carbamates (subject to hydrolysis) is 1. The van der Waals surface area contributed by atoms with Gasteiger partial charge in [-0.1, -0.05) is 50.6 Å². The van der Waals surface area contributed by atoms with E-state index in [1.165, 1.54) is 0 Å². The lowest BCUT2D eigenvalue weighted by atomic mass is 10.0. The van der Waals surface area contributed by atoms with Gasteiger partial charge < -0.3 is 15.2 Å². The third kappa shape index (κ3) is 4.75. The molecule has 4 nitrogen and oxygen atoms in total. The van der Waals surface area contributed by atoms with E-state index in [-0.39, 0.29) is 18.6 Å². The van der Waals surface area contributed by atoms with Crippen LogP contribution in [0.2, 0.25) is 0 Å². The highest BCUT2D eigenvalue weighted by molar-refractivity contribution is 5.67. The average molecular weight is 252 g/mol. The highest BCUT2D eigenvalue weighted by atomic mass is 16.5. The SMILES string of the molecule is [2H]C(OC(=O)N[C@H](CO)[C@@H](C)CC)c1ccccc1. The van der Waals surface area contributed by atoms with Crippen molar-refractivity contribution in [2.24, 2.45) is 5.92 Å². The van der Waals surface area contributed by atoms with Gasteiger partial charge in [0.25, 0.3) is 0 Å². The lowest BCUT2D eigenvalue weighted by molar-refractivity contribution is 0.121. The van der Waals surface area contributed by atoms with E-state index in [4.69, 9.17) is 6.11 Å². The summed E-state index contributed by atoms with van der Waals surface area (Å²) in [6.07, 6.45) is 0.164. The normalized spacial score (nSPS) is 16.3. The Morgan fingerprint density at radius 2 is 2.17 bits per heavy atom. The van der Waals surface area contributed by atoms with Crippen LogP contribution in [0.4, 0.5) is 4.79 Å². The molecular formula is C14H21NO3. The van der Waals surface area contributed by atoms with Gasteiger partial charge >= 0.3 is 6.09 Å². The second-order valence-electron chi connectivity index (χ2n) is 4.25. The summed E-state index contributed by atoms with van der Waals surface area (Å²) in [6, 6.07) is 8.51. The van der Waals surface area contributed by atoms with Gasteiger partial charge in [-0.15, -0.1) is 0 Å². The van der Waals surface area contributed by atoms with Crippen molar-refractivity contribution < 1.29 is 16.0 Å². The first-order chi connectivity index (χ1) is 9.08. The number of hydrogen-bond acceptors (Lipinski definition) is 3. The number of aliphatic hydroxyl groups is 1. The smallest absolute Gasteiger partial charge is 0.407 e. The van der Waals surface area contributed by atoms with Crippen molar-refractivity contribution >= 4 is 6.09 Å². The van der Waals surface area contributed by atoms with Crippen LogP contribution >= 0.6 is 0 Å². The fourth-order valence-electron chi connectivity index (χ4n) is 1.49. The number of amides is 1. The van der Waals surface area contributed by atoms with Gasteiger partial charge in [-0.2, -0.15) is 0 Å². The molecule has 3 atom stereocenters. The molecule has 0 saturated carbocycles. The maximum absolute atomic E-state index is 11.7. The molecule has 0 aliphatic carbocycles. The molecule has 0 aliphatic heterocycles. The number of hydrogen-bond donors (Lipinski definition) is 2. The molecule has 0 spiro atoms. The van der Waals surface area contributed by atoms with Gasteiger partial charge in [0.15, 0.2) is 0 Å². The van der Waals surface area contributed by atoms with Gasteiger partial charge in [-0.05, 0) is 11.5 Å². The standard InChI is InChI=1S/C14H21NO3/c1-3-11(2)13(9-16)15-14(17)18-10-12-7-5-4-6-8-12/h4-8,11,13,16H,3,9-10H2,1-2H3,(H,15,17)/t11-,13+/m0/s1/i10D/t10?,11-,13+. The molecule has 1 aromatic carbocycles. The van der Waals surface area contributed by atoms with Crippen molar-refractivity contribution in [1.82, 2.24) is 5.32 Å². The third-order valence-corrected chi connectivity index (χ3v) is 2.93. The van der Waals surface area contributed by atoms with Crippen molar-refractivity contribution in [1.29, 1.82) is 0 Å². The van der Waals surface area contributed by atoms with E-state index in [0.717, 1.165) is 6.42 Å². The highest BCUT2D eigenvalue weighted by Crippen LogP contribution is 2.07. The summed E-state index contributed by atoms with van der Waals surface area (Å²) in [7, 11) is 0. The predicted octanol–water partition coefficient (Wildman–Crippen LogP) is 2.32. The lowest BCUT2D eigenvalue weighted by Crippen LogP contribution is -2.42. The lowest BCUT2D eigenvalue weighted by Gasteiger charge is -2.21. The van der Waals surface area contributed by atoms with Crippen molar-refractivity contribution in [3.8, 4) is 0 Å². The fraction of sp³-hybridized carbons (Fsp3) is 0.500. The number of rotatable bonds is 6. The van der Waals surface area contributed by atoms with Crippen LogP contribution in [-0.4, -0.2) is 23.8 Å². The second-order valence-corrected chi connectivity index (χ2v) is 4.25. The molecule has 4 heteroatoms. The minimum absolute atomic E-state index is 0.141. The van der Waals surface area contributed by atoms with E-state index >= 15 is 0 Å². The van der Waals surface area contributed by atoms with Crippen LogP contribution in [-0.2, 0) is 11.3 Å². The maximum Gasteiger partial charge on any atom is 0.407 e. The van der Waals surface area contributed by atoms with Crippen LogP contribution in [0.1, 0.15) is 27.2 Å². The number of carbonyl (C=O) groups excluding carboxylic acids is 1.